The molecule has 0 unspecified atom stereocenters. The molecule has 6 heteroatoms. The maximum atomic E-state index is 12.6. The van der Waals surface area contributed by atoms with E-state index < -0.39 is 5.54 Å². The number of rotatable bonds is 7. The summed E-state index contributed by atoms with van der Waals surface area (Å²) in [7, 11) is 0. The molecule has 1 amide bonds. The minimum Gasteiger partial charge on any atom is -0.354 e. The van der Waals surface area contributed by atoms with E-state index in [2.05, 4.69) is 10.3 Å². The molecule has 1 rings (SSSR count). The normalized spacial score (nSPS) is 11.0. The number of hydrogen-bond acceptors (Lipinski definition) is 3. The number of hydrogen-bond donors (Lipinski definition) is 3. The quantitative estimate of drug-likeness (QED) is 0.672. The summed E-state index contributed by atoms with van der Waals surface area (Å²) in [6, 6.07) is 0. The van der Waals surface area contributed by atoms with Crippen LogP contribution in [0.4, 0.5) is 0 Å². The fourth-order valence-electron chi connectivity index (χ4n) is 2.77. The lowest BCUT2D eigenvalue weighted by atomic mass is 9.92. The van der Waals surface area contributed by atoms with Crippen molar-refractivity contribution in [3.05, 3.63) is 22.5 Å². The second-order valence-electron chi connectivity index (χ2n) is 5.53. The van der Waals surface area contributed by atoms with E-state index in [9.17, 15) is 9.59 Å². The summed E-state index contributed by atoms with van der Waals surface area (Å²) in [6.07, 6.45) is 2.18. The second kappa shape index (κ2) is 8.34. The molecule has 4 N–H and O–H groups in total. The third-order valence-corrected chi connectivity index (χ3v) is 4.35. The zero-order valence-electron chi connectivity index (χ0n) is 14.1. The predicted octanol–water partition coefficient (Wildman–Crippen LogP) is 2.76. The smallest absolute Gasteiger partial charge is 0.268 e. The number of Topliss-reactive ketones (excluding diaryl/α,β-unsaturated/α-hetero) is 1. The number of aryl methyl sites for hydroxylation is 1. The lowest BCUT2D eigenvalue weighted by Gasteiger charge is -2.31. The molecule has 1 aromatic heterocycles. The van der Waals surface area contributed by atoms with E-state index in [-0.39, 0.29) is 24.1 Å². The predicted molar refractivity (Wildman–Crippen MR) is 92.0 cm³/mol. The summed E-state index contributed by atoms with van der Waals surface area (Å²) in [5, 5.41) is 3.04. The molecule has 0 bridgehead atoms. The molecule has 0 radical (unpaired) electrons. The molecule has 0 aromatic carbocycles. The largest absolute Gasteiger partial charge is 0.354 e. The minimum absolute atomic E-state index is 0. The lowest BCUT2D eigenvalue weighted by Crippen LogP contribution is -2.53. The van der Waals surface area contributed by atoms with Crippen molar-refractivity contribution >= 4 is 24.1 Å². The van der Waals surface area contributed by atoms with Crippen molar-refractivity contribution in [1.82, 2.24) is 10.3 Å². The van der Waals surface area contributed by atoms with Gasteiger partial charge < -0.3 is 16.0 Å². The monoisotopic (exact) mass is 329 g/mol. The summed E-state index contributed by atoms with van der Waals surface area (Å²) in [5.74, 6) is -0.202. The first-order valence-electron chi connectivity index (χ1n) is 7.60. The van der Waals surface area contributed by atoms with Gasteiger partial charge in [0, 0.05) is 17.8 Å². The Labute approximate surface area is 138 Å². The zero-order chi connectivity index (χ0) is 16.2. The second-order valence-corrected chi connectivity index (χ2v) is 5.53. The third kappa shape index (κ3) is 3.90. The molecule has 0 saturated carbocycles. The highest BCUT2D eigenvalue weighted by atomic mass is 35.5. The number of ketones is 1. The Bertz CT molecular complexity index is 525. The maximum Gasteiger partial charge on any atom is 0.268 e. The SMILES string of the molecule is CCc1c(C(=O)NC(CC)(CC)CN)[nH]c(C)c1C(C)=O.Cl. The summed E-state index contributed by atoms with van der Waals surface area (Å²) in [5.41, 5.74) is 8.09. The van der Waals surface area contributed by atoms with Crippen LogP contribution in [0, 0.1) is 6.92 Å². The summed E-state index contributed by atoms with van der Waals surface area (Å²) >= 11 is 0. The molecule has 22 heavy (non-hydrogen) atoms. The van der Waals surface area contributed by atoms with Gasteiger partial charge >= 0.3 is 0 Å². The van der Waals surface area contributed by atoms with E-state index >= 15 is 0 Å². The fourth-order valence-corrected chi connectivity index (χ4v) is 2.77. The molecule has 0 saturated heterocycles. The first-order valence-corrected chi connectivity index (χ1v) is 7.60. The van der Waals surface area contributed by atoms with E-state index in [0.717, 1.165) is 24.1 Å². The average Bonchev–Trinajstić information content (AvgIpc) is 2.81. The van der Waals surface area contributed by atoms with Crippen LogP contribution in [-0.2, 0) is 6.42 Å². The van der Waals surface area contributed by atoms with Crippen LogP contribution in [0.2, 0.25) is 0 Å². The van der Waals surface area contributed by atoms with E-state index in [1.54, 1.807) is 0 Å². The van der Waals surface area contributed by atoms with Crippen molar-refractivity contribution in [3.8, 4) is 0 Å². The Balaban J connectivity index is 0.00000441. The number of H-pyrrole nitrogens is 1. The van der Waals surface area contributed by atoms with Crippen molar-refractivity contribution in [2.75, 3.05) is 6.54 Å². The van der Waals surface area contributed by atoms with Crippen molar-refractivity contribution in [1.29, 1.82) is 0 Å². The zero-order valence-corrected chi connectivity index (χ0v) is 14.9. The Kier molecular flexibility index (Phi) is 7.84. The van der Waals surface area contributed by atoms with Crippen LogP contribution in [0.1, 0.15) is 72.6 Å². The fraction of sp³-hybridized carbons (Fsp3) is 0.625. The first-order chi connectivity index (χ1) is 9.85. The van der Waals surface area contributed by atoms with Gasteiger partial charge in [0.05, 0.1) is 5.54 Å². The Hall–Kier alpha value is -1.33. The molecule has 0 aliphatic carbocycles. The number of aromatic nitrogens is 1. The molecule has 5 nitrogen and oxygen atoms in total. The lowest BCUT2D eigenvalue weighted by molar-refractivity contribution is 0.0889. The van der Waals surface area contributed by atoms with Crippen molar-refractivity contribution in [2.24, 2.45) is 5.73 Å². The highest BCUT2D eigenvalue weighted by Gasteiger charge is 2.29. The Morgan fingerprint density at radius 1 is 1.23 bits per heavy atom. The molecule has 0 fully saturated rings. The van der Waals surface area contributed by atoms with Gasteiger partial charge in [0.25, 0.3) is 5.91 Å². The van der Waals surface area contributed by atoms with Crippen LogP contribution < -0.4 is 11.1 Å². The van der Waals surface area contributed by atoms with Gasteiger partial charge in [-0.2, -0.15) is 0 Å². The molecule has 1 aromatic rings. The van der Waals surface area contributed by atoms with Gasteiger partial charge in [-0.15, -0.1) is 12.4 Å². The van der Waals surface area contributed by atoms with Crippen molar-refractivity contribution in [2.45, 2.75) is 59.4 Å². The number of amides is 1. The topological polar surface area (TPSA) is 88.0 Å². The summed E-state index contributed by atoms with van der Waals surface area (Å²) < 4.78 is 0. The van der Waals surface area contributed by atoms with Gasteiger partial charge in [0.2, 0.25) is 0 Å². The number of carbonyl (C=O) groups excluding carboxylic acids is 2. The molecular formula is C16H28ClN3O2. The van der Waals surface area contributed by atoms with Crippen LogP contribution in [-0.4, -0.2) is 28.8 Å². The average molecular weight is 330 g/mol. The van der Waals surface area contributed by atoms with E-state index in [0.29, 0.717) is 24.2 Å². The summed E-state index contributed by atoms with van der Waals surface area (Å²) in [6.45, 7) is 9.71. The standard InChI is InChI=1S/C16H27N3O2.ClH/c1-6-12-13(11(5)20)10(4)18-14(12)15(21)19-16(7-2,8-3)9-17;/h18H,6-9,17H2,1-5H3,(H,19,21);1H. The number of nitrogens with one attached hydrogen (secondary N) is 2. The molecular weight excluding hydrogens is 302 g/mol. The van der Waals surface area contributed by atoms with Gasteiger partial charge in [0.15, 0.2) is 5.78 Å². The molecule has 0 atom stereocenters. The highest BCUT2D eigenvalue weighted by Crippen LogP contribution is 2.22. The van der Waals surface area contributed by atoms with E-state index in [1.165, 1.54) is 6.92 Å². The third-order valence-electron chi connectivity index (χ3n) is 4.35. The molecule has 1 heterocycles. The van der Waals surface area contributed by atoms with Crippen LogP contribution in [0.5, 0.6) is 0 Å². The number of nitrogens with two attached hydrogens (primary N) is 1. The molecule has 0 aliphatic rings. The molecule has 0 aliphatic heterocycles. The van der Waals surface area contributed by atoms with Gasteiger partial charge in [0.1, 0.15) is 5.69 Å². The summed E-state index contributed by atoms with van der Waals surface area (Å²) in [4.78, 5) is 27.4. The van der Waals surface area contributed by atoms with Crippen LogP contribution in [0.15, 0.2) is 0 Å². The Morgan fingerprint density at radius 3 is 2.14 bits per heavy atom. The number of halogens is 1. The molecule has 0 spiro atoms. The number of carbonyl (C=O) groups is 2. The number of aromatic amines is 1. The van der Waals surface area contributed by atoms with Crippen molar-refractivity contribution < 1.29 is 9.59 Å². The van der Waals surface area contributed by atoms with Crippen LogP contribution in [0.3, 0.4) is 0 Å². The van der Waals surface area contributed by atoms with Gasteiger partial charge in [-0.3, -0.25) is 9.59 Å². The highest BCUT2D eigenvalue weighted by molar-refractivity contribution is 6.02. The molecule has 126 valence electrons. The van der Waals surface area contributed by atoms with Gasteiger partial charge in [-0.1, -0.05) is 20.8 Å². The van der Waals surface area contributed by atoms with E-state index in [4.69, 9.17) is 5.73 Å². The van der Waals surface area contributed by atoms with Crippen LogP contribution >= 0.6 is 12.4 Å². The first kappa shape index (κ1) is 20.7. The minimum atomic E-state index is -0.391. The van der Waals surface area contributed by atoms with Crippen molar-refractivity contribution in [3.63, 3.8) is 0 Å². The van der Waals surface area contributed by atoms with Crippen LogP contribution in [0.25, 0.3) is 0 Å². The maximum absolute atomic E-state index is 12.6. The Morgan fingerprint density at radius 2 is 1.77 bits per heavy atom. The van der Waals surface area contributed by atoms with E-state index in [1.807, 2.05) is 27.7 Å². The van der Waals surface area contributed by atoms with Gasteiger partial charge in [-0.05, 0) is 38.7 Å². The van der Waals surface area contributed by atoms with Gasteiger partial charge in [-0.25, -0.2) is 0 Å².